The first-order valence-electron chi connectivity index (χ1n) is 10.8. The van der Waals surface area contributed by atoms with Crippen LogP contribution in [0.2, 0.25) is 0 Å². The van der Waals surface area contributed by atoms with Gasteiger partial charge in [-0.3, -0.25) is 9.36 Å². The molecule has 0 rings (SSSR count). The van der Waals surface area contributed by atoms with Gasteiger partial charge >= 0.3 is 13.6 Å². The molecule has 0 aliphatic carbocycles. The number of esters is 1. The second kappa shape index (κ2) is 16.8. The molecular weight excluding hydrogens is 447 g/mol. The molecule has 0 aromatic heterocycles. The van der Waals surface area contributed by atoms with Gasteiger partial charge in [-0.25, -0.2) is 0 Å². The minimum Gasteiger partial charge on any atom is -0.423 e. The Bertz CT molecular complexity index is 438. The topological polar surface area (TPSA) is 104 Å². The van der Waals surface area contributed by atoms with E-state index in [1.807, 2.05) is 0 Å². The van der Waals surface area contributed by atoms with Gasteiger partial charge in [0, 0.05) is 12.8 Å². The Balaban J connectivity index is 3.50. The van der Waals surface area contributed by atoms with Crippen LogP contribution in [0.5, 0.6) is 0 Å². The summed E-state index contributed by atoms with van der Waals surface area (Å²) in [5, 5.41) is 9.91. The van der Waals surface area contributed by atoms with E-state index in [4.69, 9.17) is 14.5 Å². The monoisotopic (exact) mass is 486 g/mol. The van der Waals surface area contributed by atoms with Crippen LogP contribution in [0.15, 0.2) is 0 Å². The van der Waals surface area contributed by atoms with E-state index in [0.717, 1.165) is 19.3 Å². The molecule has 28 heavy (non-hydrogen) atoms. The van der Waals surface area contributed by atoms with Crippen LogP contribution in [0.3, 0.4) is 0 Å². The molecule has 0 saturated carbocycles. The van der Waals surface area contributed by atoms with E-state index in [9.17, 15) is 14.5 Å². The SMILES string of the molecule is CCCCCCCCCCCCCCCC(=O)OC(O)(Br)CCCP(=O)(O)O. The maximum atomic E-state index is 11.8. The van der Waals surface area contributed by atoms with Crippen LogP contribution in [0, 0.1) is 0 Å². The molecule has 1 unspecified atom stereocenters. The Morgan fingerprint density at radius 2 is 1.29 bits per heavy atom. The number of halogens is 1. The molecular formula is C20H40BrO6P. The molecule has 3 N–H and O–H groups in total. The third-order valence-corrected chi connectivity index (χ3v) is 6.15. The van der Waals surface area contributed by atoms with Crippen molar-refractivity contribution in [1.82, 2.24) is 0 Å². The average Bonchev–Trinajstić information content (AvgIpc) is 2.57. The number of unbranched alkanes of at least 4 members (excludes halogenated alkanes) is 12. The highest BCUT2D eigenvalue weighted by Crippen LogP contribution is 2.37. The van der Waals surface area contributed by atoms with Gasteiger partial charge in [-0.1, -0.05) is 84.0 Å². The van der Waals surface area contributed by atoms with E-state index >= 15 is 0 Å². The molecule has 0 radical (unpaired) electrons. The van der Waals surface area contributed by atoms with Crippen molar-refractivity contribution in [1.29, 1.82) is 0 Å². The second-order valence-electron chi connectivity index (χ2n) is 7.65. The van der Waals surface area contributed by atoms with Crippen LogP contribution < -0.4 is 0 Å². The summed E-state index contributed by atoms with van der Waals surface area (Å²) in [7, 11) is -4.10. The van der Waals surface area contributed by atoms with Gasteiger partial charge < -0.3 is 19.6 Å². The third kappa shape index (κ3) is 20.8. The van der Waals surface area contributed by atoms with Crippen molar-refractivity contribution in [3.8, 4) is 0 Å². The molecule has 0 aliphatic rings. The fourth-order valence-corrected chi connectivity index (χ4v) is 4.10. The zero-order chi connectivity index (χ0) is 21.3. The highest BCUT2D eigenvalue weighted by molar-refractivity contribution is 9.09. The first kappa shape index (κ1) is 28.1. The van der Waals surface area contributed by atoms with Crippen molar-refractivity contribution in [2.24, 2.45) is 0 Å². The normalized spacial score (nSPS) is 14.0. The highest BCUT2D eigenvalue weighted by Gasteiger charge is 2.28. The van der Waals surface area contributed by atoms with Crippen molar-refractivity contribution in [2.45, 2.75) is 114 Å². The lowest BCUT2D eigenvalue weighted by Gasteiger charge is -2.21. The lowest BCUT2D eigenvalue weighted by Crippen LogP contribution is -2.28. The predicted octanol–water partition coefficient (Wildman–Crippen LogP) is 6.01. The van der Waals surface area contributed by atoms with E-state index in [1.54, 1.807) is 0 Å². The molecule has 0 heterocycles. The van der Waals surface area contributed by atoms with E-state index in [0.29, 0.717) is 0 Å². The van der Waals surface area contributed by atoms with Gasteiger partial charge in [0.25, 0.3) is 4.70 Å². The van der Waals surface area contributed by atoms with Gasteiger partial charge in [0.2, 0.25) is 0 Å². The molecule has 0 aromatic carbocycles. The number of carbonyl (C=O) groups excluding carboxylic acids is 1. The minimum absolute atomic E-state index is 0.0536. The molecule has 0 fully saturated rings. The molecule has 8 heteroatoms. The first-order valence-corrected chi connectivity index (χ1v) is 13.4. The van der Waals surface area contributed by atoms with Crippen LogP contribution in [0.25, 0.3) is 0 Å². The Morgan fingerprint density at radius 1 is 0.857 bits per heavy atom. The van der Waals surface area contributed by atoms with Gasteiger partial charge in [-0.05, 0) is 28.8 Å². The standard InChI is InChI=1S/C20H40BrO6P/c1-2-3-4-5-6-7-8-9-10-11-12-13-14-16-19(22)27-20(21,23)17-15-18-28(24,25)26/h23H,2-18H2,1H3,(H2,24,25,26). The van der Waals surface area contributed by atoms with Crippen LogP contribution in [-0.2, 0) is 14.1 Å². The maximum absolute atomic E-state index is 11.8. The second-order valence-corrected chi connectivity index (χ2v) is 10.7. The van der Waals surface area contributed by atoms with Gasteiger partial charge in [-0.15, -0.1) is 0 Å². The van der Waals surface area contributed by atoms with Crippen molar-refractivity contribution in [3.05, 3.63) is 0 Å². The summed E-state index contributed by atoms with van der Waals surface area (Å²) in [4.78, 5) is 29.3. The number of rotatable bonds is 19. The molecule has 1 atom stereocenters. The number of ether oxygens (including phenoxy) is 1. The van der Waals surface area contributed by atoms with Crippen LogP contribution >= 0.6 is 23.5 Å². The van der Waals surface area contributed by atoms with Gasteiger partial charge in [0.05, 0.1) is 6.16 Å². The summed E-state index contributed by atoms with van der Waals surface area (Å²) in [6, 6.07) is 0. The minimum atomic E-state index is -4.10. The summed E-state index contributed by atoms with van der Waals surface area (Å²) in [5.41, 5.74) is 0. The Kier molecular flexibility index (Phi) is 16.9. The summed E-state index contributed by atoms with van der Waals surface area (Å²) in [5.74, 6) is -0.501. The van der Waals surface area contributed by atoms with E-state index < -0.39 is 18.3 Å². The van der Waals surface area contributed by atoms with Crippen molar-refractivity contribution >= 4 is 29.5 Å². The van der Waals surface area contributed by atoms with Crippen LogP contribution in [0.1, 0.15) is 110 Å². The maximum Gasteiger partial charge on any atom is 0.325 e. The number of alkyl halides is 1. The largest absolute Gasteiger partial charge is 0.423 e. The van der Waals surface area contributed by atoms with Crippen molar-refractivity contribution in [3.63, 3.8) is 0 Å². The lowest BCUT2D eigenvalue weighted by atomic mass is 10.0. The summed E-state index contributed by atoms with van der Waals surface area (Å²) < 4.78 is 13.9. The number of aliphatic hydroxyl groups is 1. The molecule has 0 bridgehead atoms. The van der Waals surface area contributed by atoms with Gasteiger partial charge in [-0.2, -0.15) is 0 Å². The Labute approximate surface area is 179 Å². The number of hydrogen-bond donors (Lipinski definition) is 3. The predicted molar refractivity (Wildman–Crippen MR) is 116 cm³/mol. The molecule has 6 nitrogen and oxygen atoms in total. The Morgan fingerprint density at radius 3 is 1.71 bits per heavy atom. The van der Waals surface area contributed by atoms with Crippen molar-refractivity contribution < 1.29 is 29.0 Å². The number of hydrogen-bond acceptors (Lipinski definition) is 4. The molecule has 0 saturated heterocycles. The number of carbonyl (C=O) groups is 1. The molecule has 0 aromatic rings. The van der Waals surface area contributed by atoms with E-state index in [2.05, 4.69) is 22.9 Å². The van der Waals surface area contributed by atoms with Gasteiger partial charge in [0.1, 0.15) is 0 Å². The fraction of sp³-hybridized carbons (Fsp3) is 0.950. The summed E-state index contributed by atoms with van der Waals surface area (Å²) >= 11 is 2.89. The van der Waals surface area contributed by atoms with E-state index in [-0.39, 0.29) is 25.4 Å². The fourth-order valence-electron chi connectivity index (χ4n) is 3.07. The Hall–Kier alpha value is 0.0600. The molecule has 0 amide bonds. The zero-order valence-corrected chi connectivity index (χ0v) is 19.9. The smallest absolute Gasteiger partial charge is 0.325 e. The zero-order valence-electron chi connectivity index (χ0n) is 17.4. The molecule has 0 aliphatic heterocycles. The summed E-state index contributed by atoms with van der Waals surface area (Å²) in [6.45, 7) is 2.24. The molecule has 0 spiro atoms. The lowest BCUT2D eigenvalue weighted by molar-refractivity contribution is -0.176. The molecule has 168 valence electrons. The summed E-state index contributed by atoms with van der Waals surface area (Å²) in [6.07, 6.45) is 15.8. The first-order chi connectivity index (χ1) is 13.2. The van der Waals surface area contributed by atoms with Gasteiger partial charge in [0.15, 0.2) is 0 Å². The van der Waals surface area contributed by atoms with Crippen molar-refractivity contribution in [2.75, 3.05) is 6.16 Å². The quantitative estimate of drug-likeness (QED) is 0.0678. The van der Waals surface area contributed by atoms with Crippen LogP contribution in [-0.4, -0.2) is 31.7 Å². The average molecular weight is 487 g/mol. The van der Waals surface area contributed by atoms with Crippen LogP contribution in [0.4, 0.5) is 0 Å². The third-order valence-electron chi connectivity index (χ3n) is 4.69. The highest BCUT2D eigenvalue weighted by atomic mass is 79.9. The van der Waals surface area contributed by atoms with E-state index in [1.165, 1.54) is 64.2 Å².